The lowest BCUT2D eigenvalue weighted by atomic mass is 10.2. The summed E-state index contributed by atoms with van der Waals surface area (Å²) in [6.45, 7) is 1.94. The second-order valence-corrected chi connectivity index (χ2v) is 7.99. The largest absolute Gasteiger partial charge is 0.480 e. The Morgan fingerprint density at radius 2 is 2.00 bits per heavy atom. The Kier molecular flexibility index (Phi) is 5.90. The average molecular weight is 460 g/mol. The summed E-state index contributed by atoms with van der Waals surface area (Å²) < 4.78 is 3.22. The molecule has 3 heterocycles. The molecule has 1 fully saturated rings. The summed E-state index contributed by atoms with van der Waals surface area (Å²) in [5.41, 5.74) is 1.05. The Balaban J connectivity index is 1.78. The van der Waals surface area contributed by atoms with Crippen LogP contribution in [0.4, 0.5) is 5.82 Å². The van der Waals surface area contributed by atoms with Gasteiger partial charge in [0.2, 0.25) is 11.7 Å². The number of imidazole rings is 1. The number of β-amino-alcohol motifs (C(OH)–C–C–N with tert-alkyl or cyclic N) is 1. The van der Waals surface area contributed by atoms with Gasteiger partial charge in [-0.2, -0.15) is 0 Å². The normalized spacial score (nSPS) is 18.3. The van der Waals surface area contributed by atoms with E-state index in [1.807, 2.05) is 19.1 Å². The van der Waals surface area contributed by atoms with Gasteiger partial charge in [0, 0.05) is 42.4 Å². The number of aliphatic hydroxyl groups is 1. The van der Waals surface area contributed by atoms with Crippen LogP contribution in [-0.4, -0.2) is 61.3 Å². The van der Waals surface area contributed by atoms with Gasteiger partial charge in [-0.3, -0.25) is 23.4 Å². The first-order valence-corrected chi connectivity index (χ1v) is 10.5. The van der Waals surface area contributed by atoms with Gasteiger partial charge in [-0.05, 0) is 19.1 Å². The maximum Gasteiger partial charge on any atom is 0.322 e. The average Bonchev–Trinajstić information content (AvgIpc) is 3.37. The number of anilines is 1. The van der Waals surface area contributed by atoms with E-state index in [-0.39, 0.29) is 18.5 Å². The fourth-order valence-electron chi connectivity index (χ4n) is 3.98. The Morgan fingerprint density at radius 1 is 1.28 bits per heavy atom. The third-order valence-corrected chi connectivity index (χ3v) is 5.69. The molecular formula is C21H22ClN5O5. The number of carboxylic acids is 1. The van der Waals surface area contributed by atoms with Gasteiger partial charge >= 0.3 is 5.97 Å². The van der Waals surface area contributed by atoms with Crippen LogP contribution in [0.2, 0.25) is 5.02 Å². The van der Waals surface area contributed by atoms with Gasteiger partial charge in [-0.25, -0.2) is 4.98 Å². The maximum atomic E-state index is 12.9. The number of nitrogens with zero attached hydrogens (tertiary/aromatic N) is 4. The third-order valence-electron chi connectivity index (χ3n) is 5.44. The van der Waals surface area contributed by atoms with E-state index in [1.165, 1.54) is 10.5 Å². The SMILES string of the molecule is CCn1c(N2C[C@H](O)C[C@H]2C(=O)NCC(=O)O)cc(=O)n2cc(-c3ccc(Cl)cc3)nc12. The van der Waals surface area contributed by atoms with Crippen molar-refractivity contribution in [1.29, 1.82) is 0 Å². The van der Waals surface area contributed by atoms with Crippen molar-refractivity contribution >= 4 is 35.1 Å². The minimum atomic E-state index is -1.16. The second kappa shape index (κ2) is 8.64. The molecule has 1 aromatic carbocycles. The number of hydrogen-bond donors (Lipinski definition) is 3. The number of fused-ring (bicyclic) bond motifs is 1. The topological polar surface area (TPSA) is 129 Å². The molecule has 1 aliphatic rings. The van der Waals surface area contributed by atoms with Gasteiger partial charge in [0.15, 0.2) is 0 Å². The van der Waals surface area contributed by atoms with Crippen molar-refractivity contribution < 1.29 is 19.8 Å². The van der Waals surface area contributed by atoms with Crippen LogP contribution in [0.5, 0.6) is 0 Å². The van der Waals surface area contributed by atoms with Crippen molar-refractivity contribution in [2.75, 3.05) is 18.0 Å². The lowest BCUT2D eigenvalue weighted by molar-refractivity contribution is -0.138. The summed E-state index contributed by atoms with van der Waals surface area (Å²) >= 11 is 5.96. The quantitative estimate of drug-likeness (QED) is 0.501. The van der Waals surface area contributed by atoms with E-state index in [4.69, 9.17) is 16.7 Å². The van der Waals surface area contributed by atoms with E-state index in [2.05, 4.69) is 10.3 Å². The van der Waals surface area contributed by atoms with Gasteiger partial charge in [-0.1, -0.05) is 23.7 Å². The van der Waals surface area contributed by atoms with Crippen LogP contribution < -0.4 is 15.8 Å². The summed E-state index contributed by atoms with van der Waals surface area (Å²) in [6, 6.07) is 7.69. The molecule has 2 aromatic heterocycles. The fourth-order valence-corrected chi connectivity index (χ4v) is 4.11. The number of carbonyl (C=O) groups is 2. The predicted octanol–water partition coefficient (Wildman–Crippen LogP) is 0.977. The first-order valence-electron chi connectivity index (χ1n) is 10.1. The van der Waals surface area contributed by atoms with Crippen molar-refractivity contribution in [3.05, 3.63) is 51.9 Å². The van der Waals surface area contributed by atoms with Gasteiger partial charge < -0.3 is 20.4 Å². The minimum absolute atomic E-state index is 0.124. The van der Waals surface area contributed by atoms with Crippen molar-refractivity contribution in [2.45, 2.75) is 32.0 Å². The minimum Gasteiger partial charge on any atom is -0.480 e. The molecule has 0 spiro atoms. The lowest BCUT2D eigenvalue weighted by Crippen LogP contribution is -2.46. The van der Waals surface area contributed by atoms with Crippen LogP contribution in [0, 0.1) is 0 Å². The number of aliphatic carboxylic acids is 1. The van der Waals surface area contributed by atoms with Gasteiger partial charge in [-0.15, -0.1) is 0 Å². The molecule has 168 valence electrons. The molecule has 32 heavy (non-hydrogen) atoms. The molecule has 1 aliphatic heterocycles. The standard InChI is InChI=1S/C21H22ClN5O5/c1-2-25-17(26-10-14(28)7-16(26)20(32)23-9-19(30)31)8-18(29)27-11-15(24-21(25)27)12-3-5-13(22)6-4-12/h3-6,8,11,14,16,28H,2,7,9-10H2,1H3,(H,23,32)(H,30,31)/t14-,16+/m1/s1. The van der Waals surface area contributed by atoms with E-state index in [1.54, 1.807) is 27.8 Å². The van der Waals surface area contributed by atoms with Crippen LogP contribution in [0.25, 0.3) is 17.0 Å². The predicted molar refractivity (Wildman–Crippen MR) is 118 cm³/mol. The number of rotatable bonds is 6. The molecule has 1 amide bonds. The molecule has 1 saturated heterocycles. The number of halogens is 1. The maximum absolute atomic E-state index is 12.9. The first-order chi connectivity index (χ1) is 15.3. The van der Waals surface area contributed by atoms with Crippen molar-refractivity contribution in [2.24, 2.45) is 0 Å². The van der Waals surface area contributed by atoms with Crippen molar-refractivity contribution in [1.82, 2.24) is 19.3 Å². The molecule has 2 atom stereocenters. The number of carbonyl (C=O) groups excluding carboxylic acids is 1. The zero-order chi connectivity index (χ0) is 23.0. The number of nitrogens with one attached hydrogen (secondary N) is 1. The molecule has 4 rings (SSSR count). The Morgan fingerprint density at radius 3 is 2.66 bits per heavy atom. The Hall–Kier alpha value is -3.37. The van der Waals surface area contributed by atoms with E-state index >= 15 is 0 Å². The molecule has 3 aromatic rings. The molecule has 0 aliphatic carbocycles. The number of carboxylic acid groups (broad SMARTS) is 1. The Bertz CT molecular complexity index is 1240. The van der Waals surface area contributed by atoms with Crippen molar-refractivity contribution in [3.63, 3.8) is 0 Å². The number of amides is 1. The van der Waals surface area contributed by atoms with E-state index < -0.39 is 30.6 Å². The van der Waals surface area contributed by atoms with E-state index in [9.17, 15) is 19.5 Å². The van der Waals surface area contributed by atoms with E-state index in [0.717, 1.165) is 5.56 Å². The number of aryl methyl sites for hydroxylation is 1. The molecule has 0 bridgehead atoms. The summed E-state index contributed by atoms with van der Waals surface area (Å²) in [7, 11) is 0. The highest BCUT2D eigenvalue weighted by Gasteiger charge is 2.38. The third kappa shape index (κ3) is 4.06. The highest BCUT2D eigenvalue weighted by molar-refractivity contribution is 6.30. The molecule has 0 radical (unpaired) electrons. The van der Waals surface area contributed by atoms with E-state index in [0.29, 0.717) is 28.9 Å². The second-order valence-electron chi connectivity index (χ2n) is 7.56. The number of benzene rings is 1. The van der Waals surface area contributed by atoms with Crippen LogP contribution in [-0.2, 0) is 16.1 Å². The molecule has 0 saturated carbocycles. The highest BCUT2D eigenvalue weighted by Crippen LogP contribution is 2.28. The molecular weight excluding hydrogens is 438 g/mol. The molecule has 0 unspecified atom stereocenters. The zero-order valence-corrected chi connectivity index (χ0v) is 18.0. The van der Waals surface area contributed by atoms with Gasteiger partial charge in [0.25, 0.3) is 5.56 Å². The van der Waals surface area contributed by atoms with Gasteiger partial charge in [0.05, 0.1) is 11.8 Å². The van der Waals surface area contributed by atoms with Crippen LogP contribution in [0.1, 0.15) is 13.3 Å². The monoisotopic (exact) mass is 459 g/mol. The van der Waals surface area contributed by atoms with Crippen LogP contribution >= 0.6 is 11.6 Å². The zero-order valence-electron chi connectivity index (χ0n) is 17.2. The van der Waals surface area contributed by atoms with Crippen molar-refractivity contribution in [3.8, 4) is 11.3 Å². The molecule has 10 nitrogen and oxygen atoms in total. The summed E-state index contributed by atoms with van der Waals surface area (Å²) in [6.07, 6.45) is 0.975. The van der Waals surface area contributed by atoms with Crippen LogP contribution in [0.15, 0.2) is 41.3 Å². The number of hydrogen-bond acceptors (Lipinski definition) is 6. The number of aromatic nitrogens is 3. The van der Waals surface area contributed by atoms with Crippen LogP contribution in [0.3, 0.4) is 0 Å². The lowest BCUT2D eigenvalue weighted by Gasteiger charge is -2.28. The summed E-state index contributed by atoms with van der Waals surface area (Å²) in [4.78, 5) is 42.6. The van der Waals surface area contributed by atoms with Gasteiger partial charge in [0.1, 0.15) is 18.4 Å². The number of aliphatic hydroxyl groups excluding tert-OH is 1. The summed E-state index contributed by atoms with van der Waals surface area (Å²) in [5, 5.41) is 22.0. The fraction of sp³-hybridized carbons (Fsp3) is 0.333. The highest BCUT2D eigenvalue weighted by atomic mass is 35.5. The molecule has 11 heteroatoms. The first kappa shape index (κ1) is 21.8. The molecule has 3 N–H and O–H groups in total. The summed E-state index contributed by atoms with van der Waals surface area (Å²) in [5.74, 6) is -0.858. The Labute approximate surface area is 187 Å². The smallest absolute Gasteiger partial charge is 0.322 e.